The molecule has 1 fully saturated rings. The highest BCUT2D eigenvalue weighted by Gasteiger charge is 2.24. The molecule has 8 heteroatoms. The van der Waals surface area contributed by atoms with Crippen molar-refractivity contribution in [3.05, 3.63) is 89.0 Å². The molecule has 4 rings (SSSR count). The summed E-state index contributed by atoms with van der Waals surface area (Å²) in [6, 6.07) is 20.4. The van der Waals surface area contributed by atoms with Gasteiger partial charge in [0.25, 0.3) is 5.91 Å². The summed E-state index contributed by atoms with van der Waals surface area (Å²) in [4.78, 5) is 25.7. The van der Waals surface area contributed by atoms with Gasteiger partial charge in [-0.3, -0.25) is 4.79 Å². The van der Waals surface area contributed by atoms with E-state index in [1.54, 1.807) is 69.3 Å². The van der Waals surface area contributed by atoms with Crippen LogP contribution < -0.4 is 20.5 Å². The summed E-state index contributed by atoms with van der Waals surface area (Å²) in [7, 11) is 0. The van der Waals surface area contributed by atoms with Crippen LogP contribution in [0.5, 0.6) is 17.2 Å². The first-order chi connectivity index (χ1) is 19.6. The molecule has 0 saturated heterocycles. The van der Waals surface area contributed by atoms with Crippen molar-refractivity contribution in [3.8, 4) is 23.3 Å². The SMILES string of the molecule is CC(C)(C)OC(=O)C(N)c1cccc(COc2cc(Oc3ccc(C#N)cc3)cc(C(=O)NC3CCCCC3)c2)c1. The number of esters is 1. The van der Waals surface area contributed by atoms with Gasteiger partial charge in [0.05, 0.1) is 11.6 Å². The van der Waals surface area contributed by atoms with Crippen molar-refractivity contribution in [1.82, 2.24) is 5.32 Å². The fraction of sp³-hybridized carbons (Fsp3) is 0.364. The number of carbonyl (C=O) groups is 2. The molecule has 214 valence electrons. The van der Waals surface area contributed by atoms with E-state index < -0.39 is 17.6 Å². The molecule has 1 unspecified atom stereocenters. The molecule has 41 heavy (non-hydrogen) atoms. The van der Waals surface area contributed by atoms with Gasteiger partial charge in [-0.1, -0.05) is 43.5 Å². The molecule has 3 aromatic carbocycles. The number of nitrogens with two attached hydrogens (primary N) is 1. The van der Waals surface area contributed by atoms with E-state index in [0.717, 1.165) is 31.2 Å². The Morgan fingerprint density at radius 3 is 2.37 bits per heavy atom. The van der Waals surface area contributed by atoms with Crippen LogP contribution >= 0.6 is 0 Å². The Morgan fingerprint density at radius 1 is 0.976 bits per heavy atom. The standard InChI is InChI=1S/C33H37N3O5/c1-33(2,3)41-32(38)30(35)24-9-7-8-23(16-24)21-39-28-17-25(31(37)36-26-10-5-4-6-11-26)18-29(19-28)40-27-14-12-22(20-34)13-15-27/h7-9,12-19,26,30H,4-6,10-11,21,35H2,1-3H3,(H,36,37). The zero-order valence-corrected chi connectivity index (χ0v) is 23.8. The number of amides is 1. The minimum atomic E-state index is -0.923. The van der Waals surface area contributed by atoms with E-state index in [2.05, 4.69) is 11.4 Å². The molecule has 0 spiro atoms. The van der Waals surface area contributed by atoms with Gasteiger partial charge in [-0.2, -0.15) is 5.26 Å². The number of nitrogens with zero attached hydrogens (tertiary/aromatic N) is 1. The second-order valence-corrected chi connectivity index (χ2v) is 11.3. The third-order valence-corrected chi connectivity index (χ3v) is 6.68. The lowest BCUT2D eigenvalue weighted by Gasteiger charge is -2.23. The van der Waals surface area contributed by atoms with Crippen LogP contribution in [0.2, 0.25) is 0 Å². The van der Waals surface area contributed by atoms with E-state index in [4.69, 9.17) is 25.2 Å². The second kappa shape index (κ2) is 13.3. The average molecular weight is 556 g/mol. The maximum absolute atomic E-state index is 13.2. The molecule has 1 atom stereocenters. The largest absolute Gasteiger partial charge is 0.489 e. The lowest BCUT2D eigenvalue weighted by atomic mass is 9.95. The average Bonchev–Trinajstić information content (AvgIpc) is 2.96. The first-order valence-electron chi connectivity index (χ1n) is 13.9. The van der Waals surface area contributed by atoms with Crippen LogP contribution in [0.3, 0.4) is 0 Å². The molecule has 1 aliphatic rings. The van der Waals surface area contributed by atoms with Crippen LogP contribution in [0.1, 0.15) is 86.0 Å². The molecule has 1 saturated carbocycles. The number of ether oxygens (including phenoxy) is 3. The summed E-state index contributed by atoms with van der Waals surface area (Å²) >= 11 is 0. The van der Waals surface area contributed by atoms with Gasteiger partial charge in [-0.15, -0.1) is 0 Å². The van der Waals surface area contributed by atoms with Crippen LogP contribution in [0.15, 0.2) is 66.7 Å². The van der Waals surface area contributed by atoms with Crippen molar-refractivity contribution in [3.63, 3.8) is 0 Å². The molecule has 0 aliphatic heterocycles. The van der Waals surface area contributed by atoms with Crippen LogP contribution in [-0.4, -0.2) is 23.5 Å². The molecule has 3 N–H and O–H groups in total. The van der Waals surface area contributed by atoms with Crippen LogP contribution in [0, 0.1) is 11.3 Å². The summed E-state index contributed by atoms with van der Waals surface area (Å²) < 4.78 is 17.6. The zero-order chi connectivity index (χ0) is 29.4. The van der Waals surface area contributed by atoms with Gasteiger partial charge in [0.15, 0.2) is 0 Å². The summed E-state index contributed by atoms with van der Waals surface area (Å²) in [5.74, 6) is 0.728. The molecule has 3 aromatic rings. The van der Waals surface area contributed by atoms with Crippen molar-refractivity contribution < 1.29 is 23.8 Å². The third-order valence-electron chi connectivity index (χ3n) is 6.68. The van der Waals surface area contributed by atoms with Crippen molar-refractivity contribution in [2.75, 3.05) is 0 Å². The lowest BCUT2D eigenvalue weighted by Crippen LogP contribution is -2.36. The predicted molar refractivity (Wildman–Crippen MR) is 156 cm³/mol. The number of rotatable bonds is 9. The Kier molecular flexibility index (Phi) is 9.64. The predicted octanol–water partition coefficient (Wildman–Crippen LogP) is 6.33. The highest BCUT2D eigenvalue weighted by atomic mass is 16.6. The van der Waals surface area contributed by atoms with Gasteiger partial charge in [0, 0.05) is 17.7 Å². The fourth-order valence-corrected chi connectivity index (χ4v) is 4.64. The van der Waals surface area contributed by atoms with Crippen molar-refractivity contribution >= 4 is 11.9 Å². The Hall–Kier alpha value is -4.35. The number of hydrogen-bond acceptors (Lipinski definition) is 7. The number of hydrogen-bond donors (Lipinski definition) is 2. The molecule has 0 radical (unpaired) electrons. The molecular formula is C33H37N3O5. The van der Waals surface area contributed by atoms with Crippen LogP contribution in [-0.2, 0) is 16.1 Å². The Labute approximate surface area is 241 Å². The minimum absolute atomic E-state index is 0.153. The Balaban J connectivity index is 1.52. The second-order valence-electron chi connectivity index (χ2n) is 11.3. The van der Waals surface area contributed by atoms with E-state index in [1.165, 1.54) is 6.42 Å². The maximum Gasteiger partial charge on any atom is 0.328 e. The summed E-state index contributed by atoms with van der Waals surface area (Å²) in [5.41, 5.74) is 7.90. The number of nitriles is 1. The molecule has 0 heterocycles. The smallest absolute Gasteiger partial charge is 0.328 e. The van der Waals surface area contributed by atoms with E-state index in [1.807, 2.05) is 18.2 Å². The van der Waals surface area contributed by atoms with Gasteiger partial charge < -0.3 is 25.3 Å². The number of benzene rings is 3. The molecule has 1 aliphatic carbocycles. The highest BCUT2D eigenvalue weighted by Crippen LogP contribution is 2.29. The van der Waals surface area contributed by atoms with E-state index in [9.17, 15) is 9.59 Å². The van der Waals surface area contributed by atoms with Gasteiger partial charge >= 0.3 is 5.97 Å². The Bertz CT molecular complexity index is 1400. The number of carbonyl (C=O) groups excluding carboxylic acids is 2. The minimum Gasteiger partial charge on any atom is -0.489 e. The summed E-state index contributed by atoms with van der Waals surface area (Å²) in [5, 5.41) is 12.2. The summed E-state index contributed by atoms with van der Waals surface area (Å²) in [6.45, 7) is 5.57. The monoisotopic (exact) mass is 555 g/mol. The molecule has 0 aromatic heterocycles. The molecule has 0 bridgehead atoms. The maximum atomic E-state index is 13.2. The van der Waals surface area contributed by atoms with E-state index in [-0.39, 0.29) is 18.6 Å². The van der Waals surface area contributed by atoms with Crippen molar-refractivity contribution in [2.24, 2.45) is 5.73 Å². The molecule has 1 amide bonds. The first-order valence-corrected chi connectivity index (χ1v) is 13.9. The first kappa shape index (κ1) is 29.6. The fourth-order valence-electron chi connectivity index (χ4n) is 4.64. The zero-order valence-electron chi connectivity index (χ0n) is 23.8. The topological polar surface area (TPSA) is 124 Å². The number of nitrogens with one attached hydrogen (secondary N) is 1. The van der Waals surface area contributed by atoms with Crippen molar-refractivity contribution in [2.45, 2.75) is 77.2 Å². The Morgan fingerprint density at radius 2 is 1.68 bits per heavy atom. The van der Waals surface area contributed by atoms with E-state index in [0.29, 0.717) is 33.9 Å². The van der Waals surface area contributed by atoms with Crippen LogP contribution in [0.4, 0.5) is 0 Å². The normalized spacial score (nSPS) is 14.4. The van der Waals surface area contributed by atoms with Gasteiger partial charge in [0.1, 0.15) is 35.5 Å². The summed E-state index contributed by atoms with van der Waals surface area (Å²) in [6.07, 6.45) is 5.36. The highest BCUT2D eigenvalue weighted by molar-refractivity contribution is 5.95. The molecular weight excluding hydrogens is 518 g/mol. The molecule has 8 nitrogen and oxygen atoms in total. The third kappa shape index (κ3) is 8.82. The van der Waals surface area contributed by atoms with E-state index >= 15 is 0 Å². The van der Waals surface area contributed by atoms with Gasteiger partial charge in [0.2, 0.25) is 0 Å². The van der Waals surface area contributed by atoms with Gasteiger partial charge in [-0.05, 0) is 81.1 Å². The lowest BCUT2D eigenvalue weighted by molar-refractivity contribution is -0.156. The van der Waals surface area contributed by atoms with Gasteiger partial charge in [-0.25, -0.2) is 4.79 Å². The van der Waals surface area contributed by atoms with Crippen molar-refractivity contribution in [1.29, 1.82) is 5.26 Å². The quantitative estimate of drug-likeness (QED) is 0.296. The van der Waals surface area contributed by atoms with Crippen LogP contribution in [0.25, 0.3) is 0 Å².